The highest BCUT2D eigenvalue weighted by atomic mass is 32.2. The zero-order valence-corrected chi connectivity index (χ0v) is 27.5. The molecule has 2 heterocycles. The van der Waals surface area contributed by atoms with Gasteiger partial charge in [0, 0.05) is 28.7 Å². The number of hydrogen-bond donors (Lipinski definition) is 3. The number of aromatic nitrogens is 2. The number of nitrogens with one attached hydrogen (secondary N) is 1. The average Bonchev–Trinajstić information content (AvgIpc) is 2.99. The molecule has 2 aliphatic rings. The molecule has 11 heteroatoms. The van der Waals surface area contributed by atoms with Gasteiger partial charge in [-0.3, -0.25) is 4.79 Å². The summed E-state index contributed by atoms with van der Waals surface area (Å²) in [6, 6.07) is 13.1. The van der Waals surface area contributed by atoms with Crippen molar-refractivity contribution < 1.29 is 28.2 Å². The van der Waals surface area contributed by atoms with E-state index in [0.29, 0.717) is 37.8 Å². The minimum atomic E-state index is -4.17. The molecule has 0 spiro atoms. The first kappa shape index (κ1) is 32.8. The Labute approximate surface area is 265 Å². The minimum Gasteiger partial charge on any atom is -0.475 e. The summed E-state index contributed by atoms with van der Waals surface area (Å²) < 4.78 is 36.2. The lowest BCUT2D eigenvalue weighted by Crippen LogP contribution is -2.53. The topological polar surface area (TPSA) is 142 Å². The number of hydrogen-bond acceptors (Lipinski definition) is 8. The summed E-state index contributed by atoms with van der Waals surface area (Å²) in [7, 11) is -4.17. The van der Waals surface area contributed by atoms with Crippen molar-refractivity contribution >= 4 is 21.9 Å². The molecule has 1 aromatic heterocycles. The highest BCUT2D eigenvalue weighted by Gasteiger charge is 2.41. The molecule has 1 aliphatic carbocycles. The highest BCUT2D eigenvalue weighted by molar-refractivity contribution is 7.92. The van der Waals surface area contributed by atoms with Crippen molar-refractivity contribution in [3.63, 3.8) is 0 Å². The monoisotopic (exact) mass is 636 g/mol. The maximum Gasteiger partial charge on any atom is 0.264 e. The van der Waals surface area contributed by atoms with Gasteiger partial charge in [-0.1, -0.05) is 45.0 Å². The predicted octanol–water partition coefficient (Wildman–Crippen LogP) is 5.11. The molecule has 3 aromatic rings. The smallest absolute Gasteiger partial charge is 0.264 e. The molecule has 0 saturated heterocycles. The van der Waals surface area contributed by atoms with Crippen LogP contribution in [-0.2, 0) is 10.0 Å². The number of aliphatic hydroxyl groups is 2. The minimum absolute atomic E-state index is 0.0771. The summed E-state index contributed by atoms with van der Waals surface area (Å²) in [5.74, 6) is -0.216. The maximum absolute atomic E-state index is 14.4. The molecule has 242 valence electrons. The van der Waals surface area contributed by atoms with Crippen LogP contribution in [0.5, 0.6) is 5.88 Å². The lowest BCUT2D eigenvalue weighted by atomic mass is 9.72. The van der Waals surface area contributed by atoms with Crippen LogP contribution in [0.1, 0.15) is 74.4 Å². The standard InChI is InChI=1S/C34H44N4O6S/c1-22-8-6-9-23(2)30(22)28-17-29-36-32(35-28)37-45(42,43)27-11-7-10-24(16-27)31(41)38(26(19-44-29)18-33(3,4)5)25-12-14-34(20-39,21-40)15-13-25/h6-11,16-17,25-26,39-40H,12-15,18-21H2,1-5H3,(H,35,36,37)/t26-/m1/s1. The van der Waals surface area contributed by atoms with Crippen molar-refractivity contribution in [3.05, 3.63) is 65.2 Å². The molecular formula is C34H44N4O6S. The van der Waals surface area contributed by atoms with Gasteiger partial charge in [0.05, 0.1) is 29.8 Å². The summed E-state index contributed by atoms with van der Waals surface area (Å²) in [6.45, 7) is 10.2. The zero-order valence-electron chi connectivity index (χ0n) is 26.7. The van der Waals surface area contributed by atoms with E-state index in [1.54, 1.807) is 18.2 Å². The fraction of sp³-hybridized carbons (Fsp3) is 0.500. The first-order valence-corrected chi connectivity index (χ1v) is 17.0. The van der Waals surface area contributed by atoms with Gasteiger partial charge < -0.3 is 19.8 Å². The van der Waals surface area contributed by atoms with Gasteiger partial charge in [0.15, 0.2) is 0 Å². The van der Waals surface area contributed by atoms with E-state index >= 15 is 0 Å². The number of rotatable bonds is 5. The third-order valence-corrected chi connectivity index (χ3v) is 10.4. The number of sulfonamides is 1. The number of ether oxygens (including phenoxy) is 1. The van der Waals surface area contributed by atoms with Crippen LogP contribution >= 0.6 is 0 Å². The largest absolute Gasteiger partial charge is 0.475 e. The zero-order chi connectivity index (χ0) is 32.6. The number of amides is 1. The molecule has 3 N–H and O–H groups in total. The van der Waals surface area contributed by atoms with E-state index in [1.165, 1.54) is 12.1 Å². The summed E-state index contributed by atoms with van der Waals surface area (Å²) in [5.41, 5.74) is 2.82. The Bertz CT molecular complexity index is 1640. The van der Waals surface area contributed by atoms with Crippen LogP contribution in [0, 0.1) is 24.7 Å². The molecule has 4 bridgehead atoms. The van der Waals surface area contributed by atoms with Gasteiger partial charge in [0.25, 0.3) is 15.9 Å². The first-order chi connectivity index (χ1) is 21.2. The van der Waals surface area contributed by atoms with Crippen LogP contribution in [0.4, 0.5) is 5.95 Å². The molecule has 10 nitrogen and oxygen atoms in total. The van der Waals surface area contributed by atoms with E-state index in [2.05, 4.69) is 35.5 Å². The van der Waals surface area contributed by atoms with Gasteiger partial charge in [0.1, 0.15) is 6.61 Å². The van der Waals surface area contributed by atoms with Crippen LogP contribution in [0.25, 0.3) is 11.3 Å². The van der Waals surface area contributed by atoms with Crippen molar-refractivity contribution in [2.45, 2.75) is 83.7 Å². The summed E-state index contributed by atoms with van der Waals surface area (Å²) in [6.07, 6.45) is 2.90. The molecule has 1 aliphatic heterocycles. The lowest BCUT2D eigenvalue weighted by molar-refractivity contribution is -0.0137. The van der Waals surface area contributed by atoms with Crippen LogP contribution in [0.2, 0.25) is 0 Å². The molecule has 1 atom stereocenters. The molecule has 1 saturated carbocycles. The maximum atomic E-state index is 14.4. The molecular weight excluding hydrogens is 592 g/mol. The van der Waals surface area contributed by atoms with E-state index in [0.717, 1.165) is 16.7 Å². The lowest BCUT2D eigenvalue weighted by Gasteiger charge is -2.45. The highest BCUT2D eigenvalue weighted by Crippen LogP contribution is 2.40. The Morgan fingerprint density at radius 1 is 1.00 bits per heavy atom. The van der Waals surface area contributed by atoms with E-state index < -0.39 is 15.4 Å². The molecule has 1 amide bonds. The van der Waals surface area contributed by atoms with E-state index in [-0.39, 0.29) is 65.5 Å². The predicted molar refractivity (Wildman–Crippen MR) is 173 cm³/mol. The van der Waals surface area contributed by atoms with Crippen molar-refractivity contribution in [1.29, 1.82) is 0 Å². The second kappa shape index (κ2) is 12.7. The van der Waals surface area contributed by atoms with Crippen molar-refractivity contribution in [2.75, 3.05) is 24.5 Å². The molecule has 0 unspecified atom stereocenters. The number of carbonyl (C=O) groups excluding carboxylic acids is 1. The van der Waals surface area contributed by atoms with E-state index in [1.807, 2.05) is 36.9 Å². The van der Waals surface area contributed by atoms with Crippen LogP contribution in [-0.4, -0.2) is 71.3 Å². The van der Waals surface area contributed by atoms with Gasteiger partial charge in [-0.15, -0.1) is 0 Å². The van der Waals surface area contributed by atoms with Gasteiger partial charge in [-0.05, 0) is 80.7 Å². The van der Waals surface area contributed by atoms with Crippen LogP contribution in [0.3, 0.4) is 0 Å². The number of nitrogens with zero attached hydrogens (tertiary/aromatic N) is 3. The Kier molecular flexibility index (Phi) is 9.26. The van der Waals surface area contributed by atoms with E-state index in [4.69, 9.17) is 4.74 Å². The molecule has 5 rings (SSSR count). The fourth-order valence-corrected chi connectivity index (χ4v) is 7.62. The number of benzene rings is 2. The average molecular weight is 637 g/mol. The van der Waals surface area contributed by atoms with E-state index in [9.17, 15) is 23.4 Å². The van der Waals surface area contributed by atoms with Gasteiger partial charge in [-0.25, -0.2) is 18.1 Å². The normalized spacial score (nSPS) is 20.3. The molecule has 45 heavy (non-hydrogen) atoms. The number of fused-ring (bicyclic) bond motifs is 4. The fourth-order valence-electron chi connectivity index (χ4n) is 6.63. The Morgan fingerprint density at radius 3 is 2.27 bits per heavy atom. The van der Waals surface area contributed by atoms with Crippen molar-refractivity contribution in [2.24, 2.45) is 10.8 Å². The quantitative estimate of drug-likeness (QED) is 0.351. The van der Waals surface area contributed by atoms with Crippen LogP contribution < -0.4 is 9.46 Å². The number of aliphatic hydroxyl groups excluding tert-OH is 2. The number of carbonyl (C=O) groups is 1. The van der Waals surface area contributed by atoms with Crippen LogP contribution in [0.15, 0.2) is 53.4 Å². The summed E-state index contributed by atoms with van der Waals surface area (Å²) in [4.78, 5) is 25.3. The van der Waals surface area contributed by atoms with Crippen molar-refractivity contribution in [1.82, 2.24) is 14.9 Å². The molecule has 0 radical (unpaired) electrons. The third kappa shape index (κ3) is 7.15. The second-order valence-electron chi connectivity index (χ2n) is 13.8. The first-order valence-electron chi connectivity index (χ1n) is 15.5. The molecule has 2 aromatic carbocycles. The van der Waals surface area contributed by atoms with Gasteiger partial charge in [0.2, 0.25) is 11.8 Å². The number of anilines is 1. The van der Waals surface area contributed by atoms with Gasteiger partial charge >= 0.3 is 0 Å². The van der Waals surface area contributed by atoms with Crippen molar-refractivity contribution in [3.8, 4) is 17.1 Å². The Morgan fingerprint density at radius 2 is 1.64 bits per heavy atom. The number of aryl methyl sites for hydroxylation is 2. The second-order valence-corrected chi connectivity index (χ2v) is 15.5. The third-order valence-electron chi connectivity index (χ3n) is 9.04. The van der Waals surface area contributed by atoms with Gasteiger partial charge in [-0.2, -0.15) is 4.98 Å². The Hall–Kier alpha value is -3.54. The SMILES string of the molecule is Cc1cccc(C)c1-c1cc2nc(n1)NS(=O)(=O)c1cccc(c1)C(=O)N(C1CCC(CO)(CO)CC1)[C@H](CC(C)(C)C)CO2. The summed E-state index contributed by atoms with van der Waals surface area (Å²) in [5, 5.41) is 20.1. The Balaban J connectivity index is 1.65. The summed E-state index contributed by atoms with van der Waals surface area (Å²) >= 11 is 0. The molecule has 1 fully saturated rings.